The van der Waals surface area contributed by atoms with Gasteiger partial charge in [-0.1, -0.05) is 13.8 Å². The van der Waals surface area contributed by atoms with Gasteiger partial charge in [-0.15, -0.1) is 0 Å². The summed E-state index contributed by atoms with van der Waals surface area (Å²) in [5, 5.41) is 3.05. The van der Waals surface area contributed by atoms with E-state index in [2.05, 4.69) is 10.3 Å². The third kappa shape index (κ3) is 4.34. The van der Waals surface area contributed by atoms with E-state index < -0.39 is 0 Å². The number of nitrogens with two attached hydrogens (primary N) is 1. The molecule has 1 aromatic heterocycles. The van der Waals surface area contributed by atoms with E-state index in [1.165, 1.54) is 12.1 Å². The number of aryl methyl sites for hydroxylation is 1. The van der Waals surface area contributed by atoms with Crippen molar-refractivity contribution in [2.75, 3.05) is 17.7 Å². The van der Waals surface area contributed by atoms with E-state index in [1.54, 1.807) is 12.1 Å². The van der Waals surface area contributed by atoms with Crippen LogP contribution in [0.25, 0.3) is 0 Å². The molecule has 0 saturated carbocycles. The van der Waals surface area contributed by atoms with Gasteiger partial charge in [-0.05, 0) is 48.7 Å². The maximum atomic E-state index is 13.4. The molecule has 0 aliphatic carbocycles. The van der Waals surface area contributed by atoms with Crippen LogP contribution in [0, 0.1) is 18.7 Å². The quantitative estimate of drug-likeness (QED) is 0.876. The van der Waals surface area contributed by atoms with Crippen molar-refractivity contribution in [2.45, 2.75) is 20.8 Å². The number of halogens is 1. The highest BCUT2D eigenvalue weighted by molar-refractivity contribution is 5.61. The van der Waals surface area contributed by atoms with Crippen molar-refractivity contribution < 1.29 is 9.13 Å². The molecule has 21 heavy (non-hydrogen) atoms. The summed E-state index contributed by atoms with van der Waals surface area (Å²) in [6.45, 7) is 6.48. The van der Waals surface area contributed by atoms with Gasteiger partial charge in [0.05, 0.1) is 12.3 Å². The van der Waals surface area contributed by atoms with E-state index >= 15 is 0 Å². The topological polar surface area (TPSA) is 60.2 Å². The average molecular weight is 289 g/mol. The Kier molecular flexibility index (Phi) is 4.62. The first-order chi connectivity index (χ1) is 9.94. The van der Waals surface area contributed by atoms with Crippen molar-refractivity contribution in [1.82, 2.24) is 4.98 Å². The summed E-state index contributed by atoms with van der Waals surface area (Å²) in [4.78, 5) is 4.32. The van der Waals surface area contributed by atoms with E-state index in [9.17, 15) is 4.39 Å². The Balaban J connectivity index is 2.18. The number of pyridine rings is 1. The molecule has 5 heteroatoms. The lowest BCUT2D eigenvalue weighted by Gasteiger charge is -2.12. The molecule has 2 rings (SSSR count). The number of hydrogen-bond acceptors (Lipinski definition) is 4. The second-order valence-electron chi connectivity index (χ2n) is 5.44. The first-order valence-electron chi connectivity index (χ1n) is 6.87. The Labute approximate surface area is 124 Å². The Morgan fingerprint density at radius 2 is 2.05 bits per heavy atom. The van der Waals surface area contributed by atoms with Gasteiger partial charge >= 0.3 is 0 Å². The minimum Gasteiger partial charge on any atom is -0.476 e. The van der Waals surface area contributed by atoms with Gasteiger partial charge in [0.25, 0.3) is 0 Å². The highest BCUT2D eigenvalue weighted by atomic mass is 19.1. The second-order valence-corrected chi connectivity index (χ2v) is 5.44. The summed E-state index contributed by atoms with van der Waals surface area (Å²) in [7, 11) is 0. The van der Waals surface area contributed by atoms with E-state index in [-0.39, 0.29) is 5.82 Å². The lowest BCUT2D eigenvalue weighted by Crippen LogP contribution is -2.08. The third-order valence-corrected chi connectivity index (χ3v) is 2.76. The lowest BCUT2D eigenvalue weighted by atomic mass is 10.2. The van der Waals surface area contributed by atoms with Gasteiger partial charge in [-0.2, -0.15) is 4.98 Å². The molecule has 0 fully saturated rings. The Hall–Kier alpha value is -2.30. The predicted octanol–water partition coefficient (Wildman–Crippen LogP) is 3.89. The van der Waals surface area contributed by atoms with E-state index in [4.69, 9.17) is 10.5 Å². The molecule has 4 nitrogen and oxygen atoms in total. The predicted molar refractivity (Wildman–Crippen MR) is 83.4 cm³/mol. The fourth-order valence-electron chi connectivity index (χ4n) is 1.84. The second kappa shape index (κ2) is 6.43. The van der Waals surface area contributed by atoms with Gasteiger partial charge < -0.3 is 15.8 Å². The molecule has 0 saturated heterocycles. The van der Waals surface area contributed by atoms with Gasteiger partial charge in [0.1, 0.15) is 11.6 Å². The van der Waals surface area contributed by atoms with Gasteiger partial charge in [-0.3, -0.25) is 0 Å². The number of anilines is 3. The highest BCUT2D eigenvalue weighted by Crippen LogP contribution is 2.24. The minimum absolute atomic E-state index is 0.288. The van der Waals surface area contributed by atoms with E-state index in [0.29, 0.717) is 35.6 Å². The first kappa shape index (κ1) is 15.1. The SMILES string of the molecule is Cc1cc(F)cc(Nc2ccc(N)c(OCC(C)C)n2)c1. The lowest BCUT2D eigenvalue weighted by molar-refractivity contribution is 0.263. The Bertz CT molecular complexity index is 609. The number of nitrogen functional groups attached to an aromatic ring is 1. The van der Waals surface area contributed by atoms with E-state index in [0.717, 1.165) is 5.56 Å². The summed E-state index contributed by atoms with van der Waals surface area (Å²) in [6, 6.07) is 8.18. The standard InChI is InChI=1S/C16H20FN3O/c1-10(2)9-21-16-14(18)4-5-15(20-16)19-13-7-11(3)6-12(17)8-13/h4-8,10H,9,18H2,1-3H3,(H,19,20). The number of ether oxygens (including phenoxy) is 1. The maximum absolute atomic E-state index is 13.4. The molecule has 112 valence electrons. The van der Waals surface area contributed by atoms with Crippen LogP contribution in [0.4, 0.5) is 21.6 Å². The van der Waals surface area contributed by atoms with Crippen molar-refractivity contribution in [3.05, 3.63) is 41.7 Å². The third-order valence-electron chi connectivity index (χ3n) is 2.76. The van der Waals surface area contributed by atoms with Crippen molar-refractivity contribution in [3.63, 3.8) is 0 Å². The number of rotatable bonds is 5. The van der Waals surface area contributed by atoms with Gasteiger partial charge in [0.15, 0.2) is 0 Å². The van der Waals surface area contributed by atoms with Crippen LogP contribution >= 0.6 is 0 Å². The largest absolute Gasteiger partial charge is 0.476 e. The van der Waals surface area contributed by atoms with Crippen LogP contribution in [0.3, 0.4) is 0 Å². The van der Waals surface area contributed by atoms with Crippen LogP contribution in [-0.4, -0.2) is 11.6 Å². The molecule has 0 unspecified atom stereocenters. The number of nitrogens with zero attached hydrogens (tertiary/aromatic N) is 1. The Morgan fingerprint density at radius 3 is 2.71 bits per heavy atom. The summed E-state index contributed by atoms with van der Waals surface area (Å²) < 4.78 is 19.0. The zero-order valence-corrected chi connectivity index (χ0v) is 12.5. The van der Waals surface area contributed by atoms with E-state index in [1.807, 2.05) is 26.8 Å². The fraction of sp³-hybridized carbons (Fsp3) is 0.312. The van der Waals surface area contributed by atoms with Crippen LogP contribution < -0.4 is 15.8 Å². The van der Waals surface area contributed by atoms with Gasteiger partial charge in [0, 0.05) is 5.69 Å². The molecule has 1 aromatic carbocycles. The van der Waals surface area contributed by atoms with Crippen LogP contribution in [0.2, 0.25) is 0 Å². The van der Waals surface area contributed by atoms with Crippen molar-refractivity contribution in [2.24, 2.45) is 5.92 Å². The molecule has 0 aliphatic heterocycles. The molecule has 3 N–H and O–H groups in total. The molecule has 0 aliphatic rings. The molecule has 2 aromatic rings. The van der Waals surface area contributed by atoms with Gasteiger partial charge in [0.2, 0.25) is 5.88 Å². The molecule has 0 spiro atoms. The normalized spacial score (nSPS) is 10.7. The van der Waals surface area contributed by atoms with Crippen molar-refractivity contribution in [3.8, 4) is 5.88 Å². The summed E-state index contributed by atoms with van der Waals surface area (Å²) in [5.74, 6) is 1.05. The van der Waals surface area contributed by atoms with Crippen molar-refractivity contribution in [1.29, 1.82) is 0 Å². The molecular formula is C16H20FN3O. The van der Waals surface area contributed by atoms with Crippen molar-refractivity contribution >= 4 is 17.2 Å². The zero-order chi connectivity index (χ0) is 15.4. The first-order valence-corrected chi connectivity index (χ1v) is 6.87. The summed E-state index contributed by atoms with van der Waals surface area (Å²) >= 11 is 0. The number of hydrogen-bond donors (Lipinski definition) is 2. The van der Waals surface area contributed by atoms with Gasteiger partial charge in [-0.25, -0.2) is 4.39 Å². The minimum atomic E-state index is -0.288. The number of benzene rings is 1. The molecule has 0 bridgehead atoms. The molecule has 0 radical (unpaired) electrons. The van der Waals surface area contributed by atoms with Crippen LogP contribution in [0.15, 0.2) is 30.3 Å². The maximum Gasteiger partial charge on any atom is 0.239 e. The molecule has 0 atom stereocenters. The molecule has 1 heterocycles. The summed E-state index contributed by atoms with van der Waals surface area (Å²) in [6.07, 6.45) is 0. The molecule has 0 amide bonds. The Morgan fingerprint density at radius 1 is 1.29 bits per heavy atom. The smallest absolute Gasteiger partial charge is 0.239 e. The van der Waals surface area contributed by atoms with Crippen LogP contribution in [0.1, 0.15) is 19.4 Å². The monoisotopic (exact) mass is 289 g/mol. The van der Waals surface area contributed by atoms with Crippen LogP contribution in [-0.2, 0) is 0 Å². The summed E-state index contributed by atoms with van der Waals surface area (Å²) in [5.41, 5.74) is 7.80. The zero-order valence-electron chi connectivity index (χ0n) is 12.5. The number of nitrogens with one attached hydrogen (secondary N) is 1. The average Bonchev–Trinajstić information content (AvgIpc) is 2.38. The highest BCUT2D eigenvalue weighted by Gasteiger charge is 2.07. The van der Waals surface area contributed by atoms with Crippen LogP contribution in [0.5, 0.6) is 5.88 Å². The number of aromatic nitrogens is 1. The fourth-order valence-corrected chi connectivity index (χ4v) is 1.84. The molecular weight excluding hydrogens is 269 g/mol.